The summed E-state index contributed by atoms with van der Waals surface area (Å²) in [5.41, 5.74) is 0.0551. The van der Waals surface area contributed by atoms with Gasteiger partial charge in [0.05, 0.1) is 7.11 Å². The molecule has 2 aromatic rings. The van der Waals surface area contributed by atoms with E-state index in [1.54, 1.807) is 36.3 Å². The van der Waals surface area contributed by atoms with Crippen molar-refractivity contribution in [2.75, 3.05) is 12.0 Å². The molecule has 5 rings (SSSR count). The van der Waals surface area contributed by atoms with Crippen LogP contribution in [0.2, 0.25) is 0 Å². The molecule has 28 heavy (non-hydrogen) atoms. The van der Waals surface area contributed by atoms with Crippen molar-refractivity contribution < 1.29 is 19.4 Å². The average molecular weight is 377 g/mol. The highest BCUT2D eigenvalue weighted by molar-refractivity contribution is 6.26. The molecule has 5 heteroatoms. The van der Waals surface area contributed by atoms with Gasteiger partial charge < -0.3 is 9.84 Å². The van der Waals surface area contributed by atoms with Crippen molar-refractivity contribution >= 4 is 17.4 Å². The number of methoxy groups -OCH3 is 1. The molecule has 0 bridgehead atoms. The summed E-state index contributed by atoms with van der Waals surface area (Å²) in [6.45, 7) is 0. The molecule has 144 valence electrons. The first-order chi connectivity index (χ1) is 13.5. The Morgan fingerprint density at radius 1 is 1.04 bits per heavy atom. The summed E-state index contributed by atoms with van der Waals surface area (Å²) >= 11 is 0. The third kappa shape index (κ3) is 2.00. The molecule has 1 saturated carbocycles. The Balaban J connectivity index is 1.70. The van der Waals surface area contributed by atoms with Crippen LogP contribution in [0.15, 0.2) is 48.5 Å². The molecular formula is C23H23NO4. The Labute approximate surface area is 163 Å². The number of aliphatic hydroxyl groups excluding tert-OH is 1. The van der Waals surface area contributed by atoms with Gasteiger partial charge >= 0.3 is 0 Å². The van der Waals surface area contributed by atoms with Crippen molar-refractivity contribution in [2.45, 2.75) is 43.7 Å². The first-order valence-electron chi connectivity index (χ1n) is 9.84. The van der Waals surface area contributed by atoms with Crippen LogP contribution in [0.25, 0.3) is 0 Å². The molecule has 0 unspecified atom stereocenters. The van der Waals surface area contributed by atoms with E-state index in [9.17, 15) is 14.7 Å². The smallest absolute Gasteiger partial charge is 0.241 e. The van der Waals surface area contributed by atoms with Gasteiger partial charge in [-0.25, -0.2) is 0 Å². The van der Waals surface area contributed by atoms with Gasteiger partial charge in [-0.05, 0) is 48.2 Å². The van der Waals surface area contributed by atoms with E-state index in [0.717, 1.165) is 24.0 Å². The number of nitrogens with zero attached hydrogens (tertiary/aromatic N) is 1. The molecule has 1 amide bonds. The van der Waals surface area contributed by atoms with Gasteiger partial charge in [0.25, 0.3) is 0 Å². The Hall–Kier alpha value is -2.66. The van der Waals surface area contributed by atoms with Crippen molar-refractivity contribution in [1.82, 2.24) is 0 Å². The van der Waals surface area contributed by atoms with E-state index < -0.39 is 17.1 Å². The lowest BCUT2D eigenvalue weighted by Crippen LogP contribution is -2.53. The molecule has 1 saturated heterocycles. The van der Waals surface area contributed by atoms with E-state index in [2.05, 4.69) is 0 Å². The van der Waals surface area contributed by atoms with Gasteiger partial charge in [-0.2, -0.15) is 0 Å². The first-order valence-corrected chi connectivity index (χ1v) is 9.84. The standard InChI is InChI=1S/C23H23NO4/c1-28-17-10-8-16(9-11-17)24-21(27)22(12-4-5-13-22)20(26)23(24)14-15-6-2-3-7-18(15)19(23)25/h2-3,6-11,19,25H,4-5,12-14H2,1H3/t19-,23+/m0/s1. The third-order valence-corrected chi connectivity index (χ3v) is 6.89. The van der Waals surface area contributed by atoms with E-state index >= 15 is 0 Å². The SMILES string of the molecule is COc1ccc(N2C(=O)C3(CCCC3)C(=O)[C@]23Cc2ccccc2[C@@H]3O)cc1. The predicted octanol–water partition coefficient (Wildman–Crippen LogP) is 3.20. The summed E-state index contributed by atoms with van der Waals surface area (Å²) in [6.07, 6.45) is 2.20. The summed E-state index contributed by atoms with van der Waals surface area (Å²) in [6, 6.07) is 14.8. The van der Waals surface area contributed by atoms with E-state index in [1.807, 2.05) is 24.3 Å². The number of hydrogen-bond donors (Lipinski definition) is 1. The van der Waals surface area contributed by atoms with Crippen molar-refractivity contribution in [3.8, 4) is 5.75 Å². The van der Waals surface area contributed by atoms with Crippen LogP contribution in [0, 0.1) is 5.41 Å². The van der Waals surface area contributed by atoms with Crippen LogP contribution in [0.5, 0.6) is 5.75 Å². The van der Waals surface area contributed by atoms with Gasteiger partial charge in [-0.3, -0.25) is 14.5 Å². The number of carbonyl (C=O) groups excluding carboxylic acids is 2. The number of aliphatic hydroxyl groups is 1. The summed E-state index contributed by atoms with van der Waals surface area (Å²) in [5, 5.41) is 11.4. The monoisotopic (exact) mass is 377 g/mol. The highest BCUT2D eigenvalue weighted by atomic mass is 16.5. The van der Waals surface area contributed by atoms with Crippen LogP contribution < -0.4 is 9.64 Å². The van der Waals surface area contributed by atoms with Crippen LogP contribution in [0.4, 0.5) is 5.69 Å². The Morgan fingerprint density at radius 2 is 1.71 bits per heavy atom. The van der Waals surface area contributed by atoms with E-state index in [-0.39, 0.29) is 11.7 Å². The number of hydrogen-bond acceptors (Lipinski definition) is 4. The fourth-order valence-electron chi connectivity index (χ4n) is 5.52. The normalized spacial score (nSPS) is 27.8. The molecule has 5 nitrogen and oxygen atoms in total. The number of ether oxygens (including phenoxy) is 1. The fourth-order valence-corrected chi connectivity index (χ4v) is 5.52. The second kappa shape index (κ2) is 5.92. The molecular weight excluding hydrogens is 354 g/mol. The van der Waals surface area contributed by atoms with Crippen LogP contribution >= 0.6 is 0 Å². The number of rotatable bonds is 2. The lowest BCUT2D eigenvalue weighted by atomic mass is 9.75. The van der Waals surface area contributed by atoms with E-state index in [1.165, 1.54) is 0 Å². The minimum Gasteiger partial charge on any atom is -0.497 e. The predicted molar refractivity (Wildman–Crippen MR) is 104 cm³/mol. The third-order valence-electron chi connectivity index (χ3n) is 6.89. The lowest BCUT2D eigenvalue weighted by Gasteiger charge is -2.36. The van der Waals surface area contributed by atoms with Crippen molar-refractivity contribution in [2.24, 2.45) is 5.41 Å². The first kappa shape index (κ1) is 17.4. The fraction of sp³-hybridized carbons (Fsp3) is 0.391. The van der Waals surface area contributed by atoms with Gasteiger partial charge in [0.15, 0.2) is 5.78 Å². The second-order valence-electron chi connectivity index (χ2n) is 8.16. The second-order valence-corrected chi connectivity index (χ2v) is 8.16. The van der Waals surface area contributed by atoms with Crippen LogP contribution in [0.3, 0.4) is 0 Å². The molecule has 2 aliphatic carbocycles. The Morgan fingerprint density at radius 3 is 2.36 bits per heavy atom. The molecule has 1 N–H and O–H groups in total. The number of carbonyl (C=O) groups is 2. The maximum atomic E-state index is 13.9. The van der Waals surface area contributed by atoms with Gasteiger partial charge in [0.2, 0.25) is 5.91 Å². The average Bonchev–Trinajstić information content (AvgIpc) is 3.37. The van der Waals surface area contributed by atoms with Gasteiger partial charge in [0.1, 0.15) is 22.8 Å². The topological polar surface area (TPSA) is 66.8 Å². The zero-order chi connectivity index (χ0) is 19.5. The Kier molecular flexibility index (Phi) is 3.68. The largest absolute Gasteiger partial charge is 0.497 e. The summed E-state index contributed by atoms with van der Waals surface area (Å²) < 4.78 is 5.24. The molecule has 0 aromatic heterocycles. The van der Waals surface area contributed by atoms with E-state index in [0.29, 0.717) is 30.7 Å². The van der Waals surface area contributed by atoms with Crippen LogP contribution in [0.1, 0.15) is 42.9 Å². The van der Waals surface area contributed by atoms with Crippen molar-refractivity contribution in [1.29, 1.82) is 0 Å². The maximum absolute atomic E-state index is 13.9. The van der Waals surface area contributed by atoms with Gasteiger partial charge in [-0.15, -0.1) is 0 Å². The molecule has 2 atom stereocenters. The summed E-state index contributed by atoms with van der Waals surface area (Å²) in [5.74, 6) is 0.413. The zero-order valence-electron chi connectivity index (χ0n) is 15.9. The number of amides is 1. The number of anilines is 1. The number of benzene rings is 2. The molecule has 1 aliphatic heterocycles. The molecule has 2 spiro atoms. The highest BCUT2D eigenvalue weighted by Crippen LogP contribution is 2.58. The number of ketones is 1. The number of fused-ring (bicyclic) bond motifs is 1. The lowest BCUT2D eigenvalue weighted by molar-refractivity contribution is -0.137. The molecule has 2 fully saturated rings. The minimum absolute atomic E-state index is 0.109. The molecule has 2 aromatic carbocycles. The molecule has 3 aliphatic rings. The Bertz CT molecular complexity index is 961. The minimum atomic E-state index is -1.26. The van der Waals surface area contributed by atoms with Crippen molar-refractivity contribution in [3.05, 3.63) is 59.7 Å². The van der Waals surface area contributed by atoms with Crippen molar-refractivity contribution in [3.63, 3.8) is 0 Å². The van der Waals surface area contributed by atoms with E-state index in [4.69, 9.17) is 4.74 Å². The zero-order valence-corrected chi connectivity index (χ0v) is 15.9. The van der Waals surface area contributed by atoms with Gasteiger partial charge in [0, 0.05) is 12.1 Å². The summed E-state index contributed by atoms with van der Waals surface area (Å²) in [7, 11) is 1.59. The van der Waals surface area contributed by atoms with Crippen LogP contribution in [-0.4, -0.2) is 29.4 Å². The highest BCUT2D eigenvalue weighted by Gasteiger charge is 2.71. The molecule has 1 heterocycles. The van der Waals surface area contributed by atoms with Crippen LogP contribution in [-0.2, 0) is 16.0 Å². The maximum Gasteiger partial charge on any atom is 0.241 e. The van der Waals surface area contributed by atoms with Gasteiger partial charge in [-0.1, -0.05) is 37.1 Å². The quantitative estimate of drug-likeness (QED) is 0.816. The number of Topliss-reactive ketones (excluding diaryl/α,β-unsaturated/α-hetero) is 1. The summed E-state index contributed by atoms with van der Waals surface area (Å²) in [4.78, 5) is 29.2. The molecule has 0 radical (unpaired) electrons.